The summed E-state index contributed by atoms with van der Waals surface area (Å²) in [7, 11) is 0. The fourth-order valence-corrected chi connectivity index (χ4v) is 2.15. The van der Waals surface area contributed by atoms with Gasteiger partial charge in [-0.2, -0.15) is 5.10 Å². The van der Waals surface area contributed by atoms with Crippen LogP contribution in [0, 0.1) is 0 Å². The summed E-state index contributed by atoms with van der Waals surface area (Å²) in [6.07, 6.45) is 1.98. The van der Waals surface area contributed by atoms with Crippen LogP contribution >= 0.6 is 12.4 Å². The Balaban J connectivity index is 0.00000220. The van der Waals surface area contributed by atoms with Gasteiger partial charge in [-0.3, -0.25) is 9.89 Å². The molecule has 1 amide bonds. The fourth-order valence-electron chi connectivity index (χ4n) is 2.15. The third kappa shape index (κ3) is 4.19. The normalized spacial score (nSPS) is 11.2. The molecular weight excluding hydrogens is 288 g/mol. The topological polar surface area (TPSA) is 83.8 Å². The highest BCUT2D eigenvalue weighted by Gasteiger charge is 2.21. The SMILES string of the molecule is CCC(N)(CC)CNC(=O)Cc1[nH]nc2ccccc12.Cl. The molecule has 1 aromatic carbocycles. The van der Waals surface area contributed by atoms with Crippen molar-refractivity contribution in [3.05, 3.63) is 30.0 Å². The lowest BCUT2D eigenvalue weighted by molar-refractivity contribution is -0.120. The molecule has 1 aromatic heterocycles. The van der Waals surface area contributed by atoms with Gasteiger partial charge in [0.05, 0.1) is 17.6 Å². The van der Waals surface area contributed by atoms with Crippen LogP contribution in [0.1, 0.15) is 32.4 Å². The molecule has 0 aliphatic carbocycles. The second kappa shape index (κ2) is 7.43. The zero-order valence-corrected chi connectivity index (χ0v) is 13.3. The van der Waals surface area contributed by atoms with Gasteiger partial charge in [-0.1, -0.05) is 32.0 Å². The molecule has 5 nitrogen and oxygen atoms in total. The Kier molecular flexibility index (Phi) is 6.18. The molecule has 0 radical (unpaired) electrons. The van der Waals surface area contributed by atoms with Crippen molar-refractivity contribution in [1.29, 1.82) is 0 Å². The highest BCUT2D eigenvalue weighted by molar-refractivity contribution is 5.87. The van der Waals surface area contributed by atoms with Crippen LogP contribution in [0.4, 0.5) is 0 Å². The highest BCUT2D eigenvalue weighted by Crippen LogP contribution is 2.15. The number of H-pyrrole nitrogens is 1. The van der Waals surface area contributed by atoms with Gasteiger partial charge >= 0.3 is 0 Å². The number of hydrogen-bond donors (Lipinski definition) is 3. The van der Waals surface area contributed by atoms with Gasteiger partial charge in [0.2, 0.25) is 5.91 Å². The first kappa shape index (κ1) is 17.5. The number of nitrogens with two attached hydrogens (primary N) is 1. The smallest absolute Gasteiger partial charge is 0.226 e. The van der Waals surface area contributed by atoms with Crippen LogP contribution in [-0.2, 0) is 11.2 Å². The third-order valence-electron chi connectivity index (χ3n) is 3.92. The predicted molar refractivity (Wildman–Crippen MR) is 87.6 cm³/mol. The molecule has 0 bridgehead atoms. The second-order valence-electron chi connectivity index (χ2n) is 5.24. The maximum Gasteiger partial charge on any atom is 0.226 e. The minimum Gasteiger partial charge on any atom is -0.354 e. The van der Waals surface area contributed by atoms with Gasteiger partial charge in [0.1, 0.15) is 0 Å². The second-order valence-corrected chi connectivity index (χ2v) is 5.24. The molecule has 0 saturated carbocycles. The van der Waals surface area contributed by atoms with E-state index in [1.165, 1.54) is 0 Å². The van der Waals surface area contributed by atoms with Crippen LogP contribution in [-0.4, -0.2) is 28.2 Å². The molecule has 116 valence electrons. The maximum atomic E-state index is 12.0. The van der Waals surface area contributed by atoms with Crippen LogP contribution in [0.3, 0.4) is 0 Å². The fraction of sp³-hybridized carbons (Fsp3) is 0.467. The molecule has 21 heavy (non-hydrogen) atoms. The van der Waals surface area contributed by atoms with E-state index in [0.717, 1.165) is 29.4 Å². The summed E-state index contributed by atoms with van der Waals surface area (Å²) in [6, 6.07) is 7.76. The molecule has 0 aliphatic heterocycles. The van der Waals surface area contributed by atoms with E-state index in [1.807, 2.05) is 38.1 Å². The van der Waals surface area contributed by atoms with Gasteiger partial charge in [-0.05, 0) is 18.9 Å². The van der Waals surface area contributed by atoms with Crippen LogP contribution in [0.2, 0.25) is 0 Å². The Morgan fingerprint density at radius 1 is 1.33 bits per heavy atom. The number of para-hydroxylation sites is 1. The van der Waals surface area contributed by atoms with Crippen LogP contribution in [0.5, 0.6) is 0 Å². The lowest BCUT2D eigenvalue weighted by Gasteiger charge is -2.26. The van der Waals surface area contributed by atoms with E-state index >= 15 is 0 Å². The Hall–Kier alpha value is -1.59. The van der Waals surface area contributed by atoms with E-state index in [-0.39, 0.29) is 23.9 Å². The zero-order valence-electron chi connectivity index (χ0n) is 12.5. The summed E-state index contributed by atoms with van der Waals surface area (Å²) in [5.74, 6) is -0.0314. The molecule has 0 fully saturated rings. The van der Waals surface area contributed by atoms with Crippen molar-refractivity contribution in [2.24, 2.45) is 5.73 Å². The van der Waals surface area contributed by atoms with Crippen molar-refractivity contribution in [3.8, 4) is 0 Å². The quantitative estimate of drug-likeness (QED) is 0.764. The van der Waals surface area contributed by atoms with E-state index in [4.69, 9.17) is 5.73 Å². The maximum absolute atomic E-state index is 12.0. The predicted octanol–water partition coefficient (Wildman–Crippen LogP) is 2.16. The Morgan fingerprint density at radius 3 is 2.67 bits per heavy atom. The van der Waals surface area contributed by atoms with Gasteiger partial charge in [0.15, 0.2) is 0 Å². The van der Waals surface area contributed by atoms with Gasteiger partial charge < -0.3 is 11.1 Å². The Morgan fingerprint density at radius 2 is 2.00 bits per heavy atom. The van der Waals surface area contributed by atoms with Crippen molar-refractivity contribution in [3.63, 3.8) is 0 Å². The number of fused-ring (bicyclic) bond motifs is 1. The molecule has 0 atom stereocenters. The first-order chi connectivity index (χ1) is 9.58. The van der Waals surface area contributed by atoms with Gasteiger partial charge in [0, 0.05) is 17.5 Å². The Bertz CT molecular complexity index is 592. The number of nitrogens with one attached hydrogen (secondary N) is 2. The van der Waals surface area contributed by atoms with Gasteiger partial charge in [-0.25, -0.2) is 0 Å². The first-order valence-electron chi connectivity index (χ1n) is 7.05. The average Bonchev–Trinajstić information content (AvgIpc) is 2.88. The van der Waals surface area contributed by atoms with Crippen molar-refractivity contribution in [1.82, 2.24) is 15.5 Å². The van der Waals surface area contributed by atoms with Crippen LogP contribution in [0.25, 0.3) is 10.9 Å². The number of nitrogens with zero attached hydrogens (tertiary/aromatic N) is 1. The van der Waals surface area contributed by atoms with E-state index in [9.17, 15) is 4.79 Å². The van der Waals surface area contributed by atoms with Crippen LogP contribution < -0.4 is 11.1 Å². The monoisotopic (exact) mass is 310 g/mol. The van der Waals surface area contributed by atoms with Crippen molar-refractivity contribution in [2.75, 3.05) is 6.54 Å². The summed E-state index contributed by atoms with van der Waals surface area (Å²) in [6.45, 7) is 4.58. The zero-order chi connectivity index (χ0) is 14.6. The standard InChI is InChI=1S/C15H22N4O.ClH/c1-3-15(16,4-2)10-17-14(20)9-13-11-7-5-6-8-12(11)18-19-13;/h5-8H,3-4,9-10,16H2,1-2H3,(H,17,20)(H,18,19);1H. The molecule has 2 aromatic rings. The summed E-state index contributed by atoms with van der Waals surface area (Å²) in [5, 5.41) is 11.0. The van der Waals surface area contributed by atoms with Gasteiger partial charge in [-0.15, -0.1) is 12.4 Å². The van der Waals surface area contributed by atoms with Crippen molar-refractivity contribution in [2.45, 2.75) is 38.6 Å². The van der Waals surface area contributed by atoms with Crippen molar-refractivity contribution >= 4 is 29.2 Å². The molecule has 6 heteroatoms. The molecular formula is C15H23ClN4O. The van der Waals surface area contributed by atoms with Crippen molar-refractivity contribution < 1.29 is 4.79 Å². The number of amides is 1. The minimum absolute atomic E-state index is 0. The lowest BCUT2D eigenvalue weighted by atomic mass is 9.94. The minimum atomic E-state index is -0.314. The average molecular weight is 311 g/mol. The lowest BCUT2D eigenvalue weighted by Crippen LogP contribution is -2.49. The third-order valence-corrected chi connectivity index (χ3v) is 3.92. The van der Waals surface area contributed by atoms with E-state index in [2.05, 4.69) is 15.5 Å². The molecule has 0 spiro atoms. The van der Waals surface area contributed by atoms with E-state index in [1.54, 1.807) is 0 Å². The van der Waals surface area contributed by atoms with Gasteiger partial charge in [0.25, 0.3) is 0 Å². The molecule has 4 N–H and O–H groups in total. The molecule has 0 unspecified atom stereocenters. The number of benzene rings is 1. The number of aromatic amines is 1. The summed E-state index contributed by atoms with van der Waals surface area (Å²) >= 11 is 0. The largest absolute Gasteiger partial charge is 0.354 e. The number of carbonyl (C=O) groups is 1. The summed E-state index contributed by atoms with van der Waals surface area (Å²) < 4.78 is 0. The molecule has 0 aliphatic rings. The number of carbonyl (C=O) groups excluding carboxylic acids is 1. The molecule has 0 saturated heterocycles. The number of rotatable bonds is 6. The van der Waals surface area contributed by atoms with E-state index in [0.29, 0.717) is 13.0 Å². The Labute approximate surface area is 131 Å². The number of aromatic nitrogens is 2. The summed E-state index contributed by atoms with van der Waals surface area (Å²) in [5.41, 5.74) is 7.58. The number of halogens is 1. The first-order valence-corrected chi connectivity index (χ1v) is 7.05. The van der Waals surface area contributed by atoms with Crippen LogP contribution in [0.15, 0.2) is 24.3 Å². The molecule has 1 heterocycles. The van der Waals surface area contributed by atoms with E-state index < -0.39 is 0 Å². The summed E-state index contributed by atoms with van der Waals surface area (Å²) in [4.78, 5) is 12.0. The number of hydrogen-bond acceptors (Lipinski definition) is 3. The highest BCUT2D eigenvalue weighted by atomic mass is 35.5. The molecule has 2 rings (SSSR count).